The van der Waals surface area contributed by atoms with Gasteiger partial charge in [0.05, 0.1) is 12.2 Å². The second-order valence-electron chi connectivity index (χ2n) is 6.47. The second-order valence-corrected chi connectivity index (χ2v) is 7.57. The van der Waals surface area contributed by atoms with Gasteiger partial charge in [0.25, 0.3) is 5.91 Å². The van der Waals surface area contributed by atoms with Crippen LogP contribution in [0.15, 0.2) is 18.3 Å². The van der Waals surface area contributed by atoms with E-state index in [2.05, 4.69) is 10.3 Å². The summed E-state index contributed by atoms with van der Waals surface area (Å²) in [6.45, 7) is 3.44. The minimum atomic E-state index is -1.04. The van der Waals surface area contributed by atoms with E-state index in [0.717, 1.165) is 36.1 Å². The van der Waals surface area contributed by atoms with Crippen LogP contribution in [0.5, 0.6) is 5.75 Å². The van der Waals surface area contributed by atoms with Crippen LogP contribution in [0.2, 0.25) is 0 Å². The Morgan fingerprint density at radius 3 is 2.86 bits per heavy atom. The molecule has 3 rings (SSSR count). The number of hydrogen-bond donors (Lipinski definition) is 1. The number of carbonyl (C=O) groups excluding carboxylic acids is 2. The maximum Gasteiger partial charge on any atom is 0.406 e. The number of aryl methyl sites for hydroxylation is 1. The molecule has 1 aliphatic rings. The molecular weight excluding hydrogens is 398 g/mol. The molecule has 0 spiro atoms. The van der Waals surface area contributed by atoms with Gasteiger partial charge in [-0.15, -0.1) is 11.3 Å². The van der Waals surface area contributed by atoms with Gasteiger partial charge in [0.1, 0.15) is 11.2 Å². The van der Waals surface area contributed by atoms with Crippen molar-refractivity contribution in [2.24, 2.45) is 0 Å². The molecule has 1 atom stereocenters. The predicted octanol–water partition coefficient (Wildman–Crippen LogP) is 3.51. The fourth-order valence-electron chi connectivity index (χ4n) is 3.14. The number of thiophene rings is 1. The number of aromatic nitrogens is 1. The van der Waals surface area contributed by atoms with E-state index in [-0.39, 0.29) is 12.4 Å². The third-order valence-electron chi connectivity index (χ3n) is 4.48. The highest BCUT2D eigenvalue weighted by Crippen LogP contribution is 2.38. The number of esters is 1. The molecule has 2 aromatic heterocycles. The summed E-state index contributed by atoms with van der Waals surface area (Å²) < 4.78 is 10.6. The average molecular weight is 419 g/mol. The summed E-state index contributed by atoms with van der Waals surface area (Å²) in [5.74, 6) is -1.55. The maximum absolute atomic E-state index is 12.7. The third-order valence-corrected chi connectivity index (χ3v) is 5.69. The fraction of sp³-hybridized carbons (Fsp3) is 0.421. The number of fused-ring (bicyclic) bond motifs is 1. The van der Waals surface area contributed by atoms with Gasteiger partial charge in [-0.3, -0.25) is 4.79 Å². The zero-order chi connectivity index (χ0) is 21.0. The van der Waals surface area contributed by atoms with Crippen LogP contribution in [0.3, 0.4) is 0 Å². The van der Waals surface area contributed by atoms with Crippen molar-refractivity contribution in [3.8, 4) is 5.75 Å². The summed E-state index contributed by atoms with van der Waals surface area (Å²) in [6.07, 6.45) is 3.88. The lowest BCUT2D eigenvalue weighted by Gasteiger charge is -2.15. The van der Waals surface area contributed by atoms with Gasteiger partial charge in [0.2, 0.25) is 5.75 Å². The average Bonchev–Trinajstić information content (AvgIpc) is 3.06. The second kappa shape index (κ2) is 8.99. The quantitative estimate of drug-likeness (QED) is 0.414. The highest BCUT2D eigenvalue weighted by atomic mass is 32.1. The molecule has 0 bridgehead atoms. The van der Waals surface area contributed by atoms with E-state index in [1.54, 1.807) is 6.92 Å². The molecule has 2 heterocycles. The third kappa shape index (κ3) is 4.53. The van der Waals surface area contributed by atoms with Gasteiger partial charge >= 0.3 is 11.8 Å². The number of nitro groups is 1. The minimum Gasteiger partial charge on any atom is -0.473 e. The summed E-state index contributed by atoms with van der Waals surface area (Å²) in [5.41, 5.74) is 1.34. The summed E-state index contributed by atoms with van der Waals surface area (Å²) in [6, 6.07) is 2.86. The van der Waals surface area contributed by atoms with E-state index in [4.69, 9.17) is 9.47 Å². The highest BCUT2D eigenvalue weighted by Gasteiger charge is 2.29. The summed E-state index contributed by atoms with van der Waals surface area (Å²) >= 11 is 1.37. The smallest absolute Gasteiger partial charge is 0.406 e. The lowest BCUT2D eigenvalue weighted by molar-refractivity contribution is -0.390. The van der Waals surface area contributed by atoms with E-state index in [1.165, 1.54) is 36.6 Å². The lowest BCUT2D eigenvalue weighted by Crippen LogP contribution is -2.30. The fourth-order valence-corrected chi connectivity index (χ4v) is 4.42. The molecule has 9 nitrogen and oxygen atoms in total. The first-order chi connectivity index (χ1) is 13.9. The van der Waals surface area contributed by atoms with Crippen LogP contribution in [-0.2, 0) is 22.4 Å². The van der Waals surface area contributed by atoms with E-state index in [9.17, 15) is 19.7 Å². The number of nitrogens with one attached hydrogen (secondary N) is 1. The van der Waals surface area contributed by atoms with Gasteiger partial charge < -0.3 is 24.9 Å². The number of ether oxygens (including phenoxy) is 2. The zero-order valence-corrected chi connectivity index (χ0v) is 16.9. The SMILES string of the molecule is CCOC(=O)c1c(NC(=O)C(C)Oc2cccnc2[N+](=O)[O-])sc2c1CCCC2. The van der Waals surface area contributed by atoms with Crippen molar-refractivity contribution in [1.29, 1.82) is 0 Å². The predicted molar refractivity (Wildman–Crippen MR) is 107 cm³/mol. The largest absolute Gasteiger partial charge is 0.473 e. The number of pyridine rings is 1. The summed E-state index contributed by atoms with van der Waals surface area (Å²) in [7, 11) is 0. The first-order valence-electron chi connectivity index (χ1n) is 9.31. The van der Waals surface area contributed by atoms with Crippen LogP contribution < -0.4 is 10.1 Å². The van der Waals surface area contributed by atoms with Gasteiger partial charge in [0.15, 0.2) is 6.10 Å². The molecule has 0 aromatic carbocycles. The number of nitrogens with zero attached hydrogens (tertiary/aromatic N) is 2. The van der Waals surface area contributed by atoms with Crippen LogP contribution in [0.25, 0.3) is 0 Å². The normalized spacial score (nSPS) is 13.9. The molecule has 2 aromatic rings. The Morgan fingerprint density at radius 1 is 1.38 bits per heavy atom. The molecule has 10 heteroatoms. The minimum absolute atomic E-state index is 0.101. The van der Waals surface area contributed by atoms with Crippen LogP contribution in [0, 0.1) is 10.1 Å². The maximum atomic E-state index is 12.7. The number of anilines is 1. The van der Waals surface area contributed by atoms with Gasteiger partial charge in [-0.1, -0.05) is 0 Å². The Balaban J connectivity index is 1.81. The monoisotopic (exact) mass is 419 g/mol. The van der Waals surface area contributed by atoms with Crippen molar-refractivity contribution >= 4 is 34.0 Å². The van der Waals surface area contributed by atoms with Gasteiger partial charge in [-0.05, 0) is 67.1 Å². The van der Waals surface area contributed by atoms with Crippen molar-refractivity contribution in [1.82, 2.24) is 4.98 Å². The van der Waals surface area contributed by atoms with Crippen LogP contribution in [0.1, 0.15) is 47.5 Å². The van der Waals surface area contributed by atoms with Crippen molar-refractivity contribution in [2.45, 2.75) is 45.6 Å². The van der Waals surface area contributed by atoms with E-state index in [1.807, 2.05) is 0 Å². The topological polar surface area (TPSA) is 121 Å². The molecule has 0 fully saturated rings. The lowest BCUT2D eigenvalue weighted by atomic mass is 9.95. The molecule has 1 amide bonds. The molecule has 0 aliphatic heterocycles. The molecule has 154 valence electrons. The van der Waals surface area contributed by atoms with Gasteiger partial charge in [0, 0.05) is 4.88 Å². The Kier molecular flexibility index (Phi) is 6.42. The zero-order valence-electron chi connectivity index (χ0n) is 16.1. The van der Waals surface area contributed by atoms with Gasteiger partial charge in [-0.2, -0.15) is 0 Å². The molecule has 0 saturated carbocycles. The van der Waals surface area contributed by atoms with E-state index < -0.39 is 28.7 Å². The molecular formula is C19H21N3O6S. The van der Waals surface area contributed by atoms with Crippen LogP contribution in [-0.4, -0.2) is 34.5 Å². The Bertz CT molecular complexity index is 942. The van der Waals surface area contributed by atoms with Crippen LogP contribution >= 0.6 is 11.3 Å². The van der Waals surface area contributed by atoms with Crippen molar-refractivity contribution in [3.05, 3.63) is 44.4 Å². The van der Waals surface area contributed by atoms with Gasteiger partial charge in [-0.25, -0.2) is 4.79 Å². The highest BCUT2D eigenvalue weighted by molar-refractivity contribution is 7.17. The number of rotatable bonds is 7. The van der Waals surface area contributed by atoms with Crippen LogP contribution in [0.4, 0.5) is 10.8 Å². The molecule has 1 aliphatic carbocycles. The van der Waals surface area contributed by atoms with Crippen molar-refractivity contribution in [2.75, 3.05) is 11.9 Å². The first kappa shape index (κ1) is 20.7. The van der Waals surface area contributed by atoms with Crippen molar-refractivity contribution in [3.63, 3.8) is 0 Å². The summed E-state index contributed by atoms with van der Waals surface area (Å²) in [4.78, 5) is 40.3. The molecule has 29 heavy (non-hydrogen) atoms. The first-order valence-corrected chi connectivity index (χ1v) is 10.1. The Labute approximate surface area is 171 Å². The molecule has 0 saturated heterocycles. The van der Waals surface area contributed by atoms with E-state index >= 15 is 0 Å². The molecule has 0 radical (unpaired) electrons. The standard InChI is InChI=1S/C19H21N3O6S/c1-3-27-19(24)15-12-7-4-5-9-14(12)29-18(15)21-17(23)11(2)28-13-8-6-10-20-16(13)22(25)26/h6,8,10-11H,3-5,7,9H2,1-2H3,(H,21,23). The summed E-state index contributed by atoms with van der Waals surface area (Å²) in [5, 5.41) is 14.2. The number of carbonyl (C=O) groups is 2. The molecule has 1 N–H and O–H groups in total. The molecule has 1 unspecified atom stereocenters. The van der Waals surface area contributed by atoms with E-state index in [0.29, 0.717) is 10.6 Å². The Hall–Kier alpha value is -3.01. The number of amides is 1. The van der Waals surface area contributed by atoms with Crippen molar-refractivity contribution < 1.29 is 24.0 Å². The number of hydrogen-bond acceptors (Lipinski definition) is 8. The Morgan fingerprint density at radius 2 is 2.14 bits per heavy atom.